The molecule has 0 aliphatic carbocycles. The van der Waals surface area contributed by atoms with Crippen molar-refractivity contribution in [1.29, 1.82) is 0 Å². The Morgan fingerprint density at radius 1 is 1.12 bits per heavy atom. The number of benzene rings is 2. The highest BCUT2D eigenvalue weighted by atomic mass is 35.5. The molecule has 0 fully saturated rings. The number of ether oxygens (including phenoxy) is 1. The minimum Gasteiger partial charge on any atom is -0.486 e. The lowest BCUT2D eigenvalue weighted by molar-refractivity contribution is -0.384. The van der Waals surface area contributed by atoms with E-state index in [0.717, 1.165) is 5.56 Å². The van der Waals surface area contributed by atoms with Gasteiger partial charge >= 0.3 is 0 Å². The smallest absolute Gasteiger partial charge is 0.292 e. The first kappa shape index (κ1) is 21.1. The second kappa shape index (κ2) is 9.36. The molecule has 0 aliphatic heterocycles. The Balaban J connectivity index is 1.32. The number of hydrogen-bond donors (Lipinski definition) is 1. The van der Waals surface area contributed by atoms with Crippen LogP contribution < -0.4 is 10.1 Å². The van der Waals surface area contributed by atoms with E-state index in [-0.39, 0.29) is 18.1 Å². The van der Waals surface area contributed by atoms with E-state index in [1.165, 1.54) is 30.3 Å². The van der Waals surface area contributed by atoms with Crippen LogP contribution in [0.25, 0.3) is 0 Å². The summed E-state index contributed by atoms with van der Waals surface area (Å²) in [6, 6.07) is 18.0. The highest BCUT2D eigenvalue weighted by Gasteiger charge is 2.14. The van der Waals surface area contributed by atoms with E-state index >= 15 is 0 Å². The monoisotopic (exact) mass is 452 g/mol. The van der Waals surface area contributed by atoms with Gasteiger partial charge in [-0.3, -0.25) is 19.6 Å². The largest absolute Gasteiger partial charge is 0.486 e. The molecular formula is C22H17ClN4O5. The Labute approximate surface area is 187 Å². The Morgan fingerprint density at radius 3 is 2.66 bits per heavy atom. The molecule has 0 saturated heterocycles. The van der Waals surface area contributed by atoms with Gasteiger partial charge in [-0.05, 0) is 35.9 Å². The average Bonchev–Trinajstić information content (AvgIpc) is 3.44. The first-order valence-electron chi connectivity index (χ1n) is 9.52. The van der Waals surface area contributed by atoms with E-state index in [1.54, 1.807) is 23.0 Å². The van der Waals surface area contributed by atoms with E-state index in [0.29, 0.717) is 28.9 Å². The second-order valence-corrected chi connectivity index (χ2v) is 7.16. The molecule has 2 heterocycles. The van der Waals surface area contributed by atoms with Crippen LogP contribution in [0, 0.1) is 10.1 Å². The van der Waals surface area contributed by atoms with Crippen LogP contribution >= 0.6 is 11.6 Å². The summed E-state index contributed by atoms with van der Waals surface area (Å²) in [6.45, 7) is 0.540. The summed E-state index contributed by atoms with van der Waals surface area (Å²) in [7, 11) is 0. The number of hydrogen-bond acceptors (Lipinski definition) is 6. The third kappa shape index (κ3) is 5.13. The van der Waals surface area contributed by atoms with Crippen molar-refractivity contribution in [2.75, 3.05) is 5.32 Å². The number of aromatic nitrogens is 2. The van der Waals surface area contributed by atoms with E-state index in [1.807, 2.05) is 24.3 Å². The van der Waals surface area contributed by atoms with Gasteiger partial charge in [0.25, 0.3) is 11.6 Å². The highest BCUT2D eigenvalue weighted by Crippen LogP contribution is 2.20. The van der Waals surface area contributed by atoms with Crippen LogP contribution in [-0.2, 0) is 13.2 Å². The maximum Gasteiger partial charge on any atom is 0.292 e. The number of nitro groups is 1. The van der Waals surface area contributed by atoms with Crippen molar-refractivity contribution in [1.82, 2.24) is 9.78 Å². The molecule has 1 amide bonds. The zero-order valence-electron chi connectivity index (χ0n) is 16.6. The summed E-state index contributed by atoms with van der Waals surface area (Å²) < 4.78 is 12.7. The average molecular weight is 453 g/mol. The number of halogens is 1. The van der Waals surface area contributed by atoms with Gasteiger partial charge < -0.3 is 14.5 Å². The quantitative estimate of drug-likeness (QED) is 0.300. The Hall–Kier alpha value is -4.11. The van der Waals surface area contributed by atoms with Gasteiger partial charge in [0.1, 0.15) is 18.1 Å². The normalized spacial score (nSPS) is 10.7. The van der Waals surface area contributed by atoms with E-state index in [9.17, 15) is 14.9 Å². The number of amides is 1. The van der Waals surface area contributed by atoms with Crippen molar-refractivity contribution in [3.05, 3.63) is 105 Å². The Kier molecular flexibility index (Phi) is 6.18. The predicted molar refractivity (Wildman–Crippen MR) is 117 cm³/mol. The van der Waals surface area contributed by atoms with Gasteiger partial charge in [0.15, 0.2) is 11.6 Å². The lowest BCUT2D eigenvalue weighted by Gasteiger charge is -2.04. The highest BCUT2D eigenvalue weighted by molar-refractivity contribution is 6.31. The number of rotatable bonds is 8. The molecule has 0 bridgehead atoms. The van der Waals surface area contributed by atoms with Crippen molar-refractivity contribution in [2.24, 2.45) is 0 Å². The van der Waals surface area contributed by atoms with Crippen molar-refractivity contribution in [2.45, 2.75) is 13.2 Å². The minimum absolute atomic E-state index is 0.0244. The summed E-state index contributed by atoms with van der Waals surface area (Å²) in [5.74, 6) is 0.907. The molecule has 2 aromatic heterocycles. The molecule has 2 aromatic carbocycles. The topological polar surface area (TPSA) is 112 Å². The first-order chi connectivity index (χ1) is 15.5. The lowest BCUT2D eigenvalue weighted by atomic mass is 10.2. The van der Waals surface area contributed by atoms with E-state index < -0.39 is 10.8 Å². The van der Waals surface area contributed by atoms with Crippen molar-refractivity contribution in [3.63, 3.8) is 0 Å². The summed E-state index contributed by atoms with van der Waals surface area (Å²) in [5.41, 5.74) is 0.891. The molecule has 0 saturated carbocycles. The SMILES string of the molecule is O=C(Nc1ccn(Cc2ccccc2Cl)n1)c1ccc(COc2ccc([N+](=O)[O-])cc2)o1. The van der Waals surface area contributed by atoms with Crippen molar-refractivity contribution >= 4 is 29.0 Å². The number of carbonyl (C=O) groups excluding carboxylic acids is 1. The number of furan rings is 1. The Morgan fingerprint density at radius 2 is 1.91 bits per heavy atom. The summed E-state index contributed by atoms with van der Waals surface area (Å²) in [5, 5.41) is 18.3. The zero-order chi connectivity index (χ0) is 22.5. The fourth-order valence-electron chi connectivity index (χ4n) is 2.89. The van der Waals surface area contributed by atoms with Gasteiger partial charge in [-0.1, -0.05) is 29.8 Å². The Bertz CT molecular complexity index is 1250. The molecular weight excluding hydrogens is 436 g/mol. The minimum atomic E-state index is -0.485. The number of nitrogens with zero attached hydrogens (tertiary/aromatic N) is 3. The fourth-order valence-corrected chi connectivity index (χ4v) is 3.09. The van der Waals surface area contributed by atoms with Crippen LogP contribution in [0.4, 0.5) is 11.5 Å². The number of nitro benzene ring substituents is 1. The van der Waals surface area contributed by atoms with E-state index in [4.69, 9.17) is 20.8 Å². The van der Waals surface area contributed by atoms with Gasteiger partial charge in [-0.15, -0.1) is 0 Å². The summed E-state index contributed by atoms with van der Waals surface area (Å²) in [6.07, 6.45) is 1.74. The standard InChI is InChI=1S/C22H17ClN4O5/c23-19-4-2-1-3-15(19)13-26-12-11-21(25-26)24-22(28)20-10-9-18(32-20)14-31-17-7-5-16(6-8-17)27(29)30/h1-12H,13-14H2,(H,24,25,28). The molecule has 32 heavy (non-hydrogen) atoms. The van der Waals surface area contributed by atoms with Crippen LogP contribution in [0.2, 0.25) is 5.02 Å². The van der Waals surface area contributed by atoms with Crippen LogP contribution in [-0.4, -0.2) is 20.6 Å². The molecule has 0 atom stereocenters. The number of carbonyl (C=O) groups is 1. The van der Waals surface area contributed by atoms with Gasteiger partial charge in [0, 0.05) is 29.4 Å². The molecule has 0 spiro atoms. The fraction of sp³-hybridized carbons (Fsp3) is 0.0909. The van der Waals surface area contributed by atoms with Crippen LogP contribution in [0.5, 0.6) is 5.75 Å². The summed E-state index contributed by atoms with van der Waals surface area (Å²) >= 11 is 6.17. The molecule has 162 valence electrons. The zero-order valence-corrected chi connectivity index (χ0v) is 17.4. The van der Waals surface area contributed by atoms with E-state index in [2.05, 4.69) is 10.4 Å². The van der Waals surface area contributed by atoms with Gasteiger partial charge in [-0.2, -0.15) is 5.10 Å². The third-order valence-electron chi connectivity index (χ3n) is 4.49. The number of anilines is 1. The van der Waals surface area contributed by atoms with Crippen molar-refractivity contribution in [3.8, 4) is 5.75 Å². The molecule has 0 radical (unpaired) electrons. The van der Waals surface area contributed by atoms with Gasteiger partial charge in [0.05, 0.1) is 11.5 Å². The predicted octanol–water partition coefficient (Wildman–Crippen LogP) is 4.92. The van der Waals surface area contributed by atoms with Gasteiger partial charge in [0.2, 0.25) is 0 Å². The molecule has 10 heteroatoms. The van der Waals surface area contributed by atoms with Crippen LogP contribution in [0.3, 0.4) is 0 Å². The summed E-state index contributed by atoms with van der Waals surface area (Å²) in [4.78, 5) is 22.6. The maximum absolute atomic E-state index is 12.4. The molecule has 9 nitrogen and oxygen atoms in total. The molecule has 0 aliphatic rings. The molecule has 4 aromatic rings. The molecule has 0 unspecified atom stereocenters. The third-order valence-corrected chi connectivity index (χ3v) is 4.86. The number of non-ortho nitro benzene ring substituents is 1. The van der Waals surface area contributed by atoms with Crippen LogP contribution in [0.1, 0.15) is 21.9 Å². The second-order valence-electron chi connectivity index (χ2n) is 6.75. The van der Waals surface area contributed by atoms with Crippen molar-refractivity contribution < 1.29 is 18.9 Å². The number of nitrogens with one attached hydrogen (secondary N) is 1. The maximum atomic E-state index is 12.4. The molecule has 4 rings (SSSR count). The lowest BCUT2D eigenvalue weighted by Crippen LogP contribution is -2.12. The first-order valence-corrected chi connectivity index (χ1v) is 9.90. The molecule has 1 N–H and O–H groups in total. The van der Waals surface area contributed by atoms with Gasteiger partial charge in [-0.25, -0.2) is 0 Å². The van der Waals surface area contributed by atoms with Crippen LogP contribution in [0.15, 0.2) is 77.3 Å².